The fourth-order valence-electron chi connectivity index (χ4n) is 2.66. The van der Waals surface area contributed by atoms with Gasteiger partial charge in [-0.15, -0.1) is 0 Å². The fourth-order valence-corrected chi connectivity index (χ4v) is 2.66. The number of fused-ring (bicyclic) bond motifs is 1. The van der Waals surface area contributed by atoms with E-state index in [1.807, 2.05) is 26.0 Å². The SMILES string of the molecule is CC(C)Oc1ccc2c(=O)n(Cc3ccc([N+](=O)[O-])cc3)ccc2c1. The smallest absolute Gasteiger partial charge is 0.269 e. The number of hydrogen-bond donors (Lipinski definition) is 0. The summed E-state index contributed by atoms with van der Waals surface area (Å²) in [7, 11) is 0. The van der Waals surface area contributed by atoms with E-state index in [4.69, 9.17) is 4.74 Å². The molecule has 3 aromatic rings. The standard InChI is InChI=1S/C19H18N2O4/c1-13(2)25-17-7-8-18-15(11-17)9-10-20(19(18)22)12-14-3-5-16(6-4-14)21(23)24/h3-11,13H,12H2,1-2H3. The van der Waals surface area contributed by atoms with Crippen LogP contribution in [0.25, 0.3) is 10.8 Å². The molecule has 0 spiro atoms. The second-order valence-corrected chi connectivity index (χ2v) is 6.09. The van der Waals surface area contributed by atoms with Gasteiger partial charge in [-0.1, -0.05) is 12.1 Å². The van der Waals surface area contributed by atoms with E-state index in [2.05, 4.69) is 0 Å². The first-order valence-electron chi connectivity index (χ1n) is 7.97. The molecular weight excluding hydrogens is 320 g/mol. The van der Waals surface area contributed by atoms with Gasteiger partial charge in [-0.2, -0.15) is 0 Å². The van der Waals surface area contributed by atoms with Crippen LogP contribution in [0.2, 0.25) is 0 Å². The molecule has 0 amide bonds. The monoisotopic (exact) mass is 338 g/mol. The zero-order valence-corrected chi connectivity index (χ0v) is 14.0. The van der Waals surface area contributed by atoms with Crippen LogP contribution in [-0.2, 0) is 6.54 Å². The van der Waals surface area contributed by atoms with Crippen molar-refractivity contribution >= 4 is 16.5 Å². The first-order chi connectivity index (χ1) is 11.9. The minimum Gasteiger partial charge on any atom is -0.491 e. The van der Waals surface area contributed by atoms with Crippen LogP contribution in [0, 0.1) is 10.1 Å². The normalized spacial score (nSPS) is 11.0. The van der Waals surface area contributed by atoms with Gasteiger partial charge in [-0.3, -0.25) is 14.9 Å². The first-order valence-corrected chi connectivity index (χ1v) is 7.97. The quantitative estimate of drug-likeness (QED) is 0.524. The molecule has 0 aliphatic heterocycles. The second-order valence-electron chi connectivity index (χ2n) is 6.09. The zero-order chi connectivity index (χ0) is 18.0. The molecule has 6 heteroatoms. The number of rotatable bonds is 5. The number of ether oxygens (including phenoxy) is 1. The van der Waals surface area contributed by atoms with E-state index in [0.717, 1.165) is 16.7 Å². The van der Waals surface area contributed by atoms with Crippen LogP contribution in [-0.4, -0.2) is 15.6 Å². The third-order valence-electron chi connectivity index (χ3n) is 3.82. The highest BCUT2D eigenvalue weighted by molar-refractivity contribution is 5.82. The molecule has 1 aromatic heterocycles. The first kappa shape index (κ1) is 16.7. The van der Waals surface area contributed by atoms with Crippen LogP contribution >= 0.6 is 0 Å². The molecule has 0 atom stereocenters. The van der Waals surface area contributed by atoms with E-state index in [0.29, 0.717) is 11.9 Å². The maximum Gasteiger partial charge on any atom is 0.269 e. The Labute approximate surface area is 144 Å². The molecule has 2 aromatic carbocycles. The van der Waals surface area contributed by atoms with Crippen LogP contribution in [0.15, 0.2) is 59.5 Å². The average molecular weight is 338 g/mol. The second kappa shape index (κ2) is 6.76. The van der Waals surface area contributed by atoms with Crippen molar-refractivity contribution in [2.75, 3.05) is 0 Å². The van der Waals surface area contributed by atoms with Crippen LogP contribution in [0.4, 0.5) is 5.69 Å². The number of nitro groups is 1. The Morgan fingerprint density at radius 3 is 2.48 bits per heavy atom. The van der Waals surface area contributed by atoms with E-state index >= 15 is 0 Å². The lowest BCUT2D eigenvalue weighted by molar-refractivity contribution is -0.384. The Hall–Kier alpha value is -3.15. The maximum atomic E-state index is 12.7. The van der Waals surface area contributed by atoms with Gasteiger partial charge in [0.25, 0.3) is 11.2 Å². The van der Waals surface area contributed by atoms with Crippen molar-refractivity contribution in [3.05, 3.63) is 80.8 Å². The maximum absolute atomic E-state index is 12.7. The molecule has 0 bridgehead atoms. The molecule has 0 saturated heterocycles. The van der Waals surface area contributed by atoms with Crippen molar-refractivity contribution in [3.63, 3.8) is 0 Å². The third kappa shape index (κ3) is 3.68. The van der Waals surface area contributed by atoms with Gasteiger partial charge in [-0.05, 0) is 49.1 Å². The van der Waals surface area contributed by atoms with Crippen molar-refractivity contribution in [1.29, 1.82) is 0 Å². The molecule has 0 aliphatic rings. The molecule has 0 fully saturated rings. The summed E-state index contributed by atoms with van der Waals surface area (Å²) in [5.74, 6) is 0.731. The minimum absolute atomic E-state index is 0.0345. The lowest BCUT2D eigenvalue weighted by Gasteiger charge is -2.11. The summed E-state index contributed by atoms with van der Waals surface area (Å²) < 4.78 is 7.24. The summed E-state index contributed by atoms with van der Waals surface area (Å²) in [5.41, 5.74) is 0.756. The molecule has 1 heterocycles. The van der Waals surface area contributed by atoms with E-state index < -0.39 is 4.92 Å². The van der Waals surface area contributed by atoms with Crippen molar-refractivity contribution in [2.45, 2.75) is 26.5 Å². The summed E-state index contributed by atoms with van der Waals surface area (Å²) >= 11 is 0. The van der Waals surface area contributed by atoms with Crippen molar-refractivity contribution in [2.24, 2.45) is 0 Å². The largest absolute Gasteiger partial charge is 0.491 e. The van der Waals surface area contributed by atoms with Crippen LogP contribution in [0.5, 0.6) is 5.75 Å². The predicted octanol–water partition coefficient (Wildman–Crippen LogP) is 3.75. The van der Waals surface area contributed by atoms with Gasteiger partial charge in [-0.25, -0.2) is 0 Å². The summed E-state index contributed by atoms with van der Waals surface area (Å²) in [4.78, 5) is 22.9. The molecule has 3 rings (SSSR count). The molecular formula is C19H18N2O4. The minimum atomic E-state index is -0.442. The topological polar surface area (TPSA) is 74.4 Å². The van der Waals surface area contributed by atoms with Crippen LogP contribution in [0.1, 0.15) is 19.4 Å². The van der Waals surface area contributed by atoms with Gasteiger partial charge >= 0.3 is 0 Å². The van der Waals surface area contributed by atoms with Crippen LogP contribution in [0.3, 0.4) is 0 Å². The highest BCUT2D eigenvalue weighted by Gasteiger charge is 2.08. The predicted molar refractivity (Wildman–Crippen MR) is 96.2 cm³/mol. The van der Waals surface area contributed by atoms with E-state index in [1.165, 1.54) is 12.1 Å². The van der Waals surface area contributed by atoms with Crippen molar-refractivity contribution in [3.8, 4) is 5.75 Å². The molecule has 0 N–H and O–H groups in total. The number of hydrogen-bond acceptors (Lipinski definition) is 4. The van der Waals surface area contributed by atoms with E-state index in [-0.39, 0.29) is 17.4 Å². The highest BCUT2D eigenvalue weighted by atomic mass is 16.6. The molecule has 0 saturated carbocycles. The lowest BCUT2D eigenvalue weighted by atomic mass is 10.1. The Kier molecular flexibility index (Phi) is 4.52. The number of nitrogens with zero attached hydrogens (tertiary/aromatic N) is 2. The number of non-ortho nitro benzene ring substituents is 1. The Morgan fingerprint density at radius 1 is 1.12 bits per heavy atom. The molecule has 128 valence electrons. The van der Waals surface area contributed by atoms with Crippen molar-refractivity contribution < 1.29 is 9.66 Å². The summed E-state index contributed by atoms with van der Waals surface area (Å²) in [6.07, 6.45) is 1.80. The van der Waals surface area contributed by atoms with Gasteiger partial charge < -0.3 is 9.30 Å². The number of benzene rings is 2. The zero-order valence-electron chi connectivity index (χ0n) is 14.0. The number of pyridine rings is 1. The third-order valence-corrected chi connectivity index (χ3v) is 3.82. The average Bonchev–Trinajstić information content (AvgIpc) is 2.57. The summed E-state index contributed by atoms with van der Waals surface area (Å²) in [6, 6.07) is 13.5. The molecule has 0 radical (unpaired) electrons. The van der Waals surface area contributed by atoms with E-state index in [1.54, 1.807) is 35.0 Å². The van der Waals surface area contributed by atoms with Gasteiger partial charge in [0, 0.05) is 23.7 Å². The Bertz CT molecular complexity index is 975. The van der Waals surface area contributed by atoms with Gasteiger partial charge in [0.1, 0.15) is 5.75 Å². The molecule has 0 unspecified atom stereocenters. The Morgan fingerprint density at radius 2 is 1.84 bits per heavy atom. The van der Waals surface area contributed by atoms with Gasteiger partial charge in [0.2, 0.25) is 0 Å². The number of aromatic nitrogens is 1. The molecule has 6 nitrogen and oxygen atoms in total. The molecule has 25 heavy (non-hydrogen) atoms. The number of nitro benzene ring substituents is 1. The van der Waals surface area contributed by atoms with E-state index in [9.17, 15) is 14.9 Å². The fraction of sp³-hybridized carbons (Fsp3) is 0.211. The van der Waals surface area contributed by atoms with Gasteiger partial charge in [0.15, 0.2) is 0 Å². The van der Waals surface area contributed by atoms with Crippen molar-refractivity contribution in [1.82, 2.24) is 4.57 Å². The molecule has 0 aliphatic carbocycles. The van der Waals surface area contributed by atoms with Crippen LogP contribution < -0.4 is 10.3 Å². The lowest BCUT2D eigenvalue weighted by Crippen LogP contribution is -2.20. The van der Waals surface area contributed by atoms with Gasteiger partial charge in [0.05, 0.1) is 17.6 Å². The summed E-state index contributed by atoms with van der Waals surface area (Å²) in [5, 5.41) is 12.1. The summed E-state index contributed by atoms with van der Waals surface area (Å²) in [6.45, 7) is 4.26. The highest BCUT2D eigenvalue weighted by Crippen LogP contribution is 2.20. The Balaban J connectivity index is 1.91.